The maximum absolute atomic E-state index is 12.0. The van der Waals surface area contributed by atoms with Crippen molar-refractivity contribution in [2.24, 2.45) is 4.99 Å². The molecule has 0 aromatic heterocycles. The molecule has 140 valence electrons. The summed E-state index contributed by atoms with van der Waals surface area (Å²) >= 11 is 0. The number of unbranched alkanes of at least 4 members (excludes halogenated alkanes) is 1. The molecule has 0 bridgehead atoms. The maximum Gasteiger partial charge on any atom is 0.239 e. The molecule has 0 saturated heterocycles. The second kappa shape index (κ2) is 13.5. The molecule has 6 nitrogen and oxygen atoms in total. The van der Waals surface area contributed by atoms with Gasteiger partial charge in [0, 0.05) is 27.2 Å². The lowest BCUT2D eigenvalue weighted by Crippen LogP contribution is -2.44. The zero-order valence-corrected chi connectivity index (χ0v) is 17.6. The first-order valence-corrected chi connectivity index (χ1v) is 8.03. The molecule has 0 fully saturated rings. The fourth-order valence-corrected chi connectivity index (χ4v) is 2.13. The van der Waals surface area contributed by atoms with Crippen molar-refractivity contribution < 1.29 is 9.53 Å². The van der Waals surface area contributed by atoms with Gasteiger partial charge in [-0.25, -0.2) is 0 Å². The predicted molar refractivity (Wildman–Crippen MR) is 114 cm³/mol. The third-order valence-electron chi connectivity index (χ3n) is 3.53. The smallest absolute Gasteiger partial charge is 0.239 e. The van der Waals surface area contributed by atoms with Gasteiger partial charge in [-0.15, -0.1) is 30.6 Å². The monoisotopic (exact) mass is 460 g/mol. The van der Waals surface area contributed by atoms with E-state index in [0.29, 0.717) is 12.5 Å². The van der Waals surface area contributed by atoms with Gasteiger partial charge in [0.15, 0.2) is 5.96 Å². The van der Waals surface area contributed by atoms with E-state index in [1.165, 1.54) is 0 Å². The van der Waals surface area contributed by atoms with Gasteiger partial charge >= 0.3 is 0 Å². The Morgan fingerprint density at radius 3 is 2.56 bits per heavy atom. The Bertz CT molecular complexity index is 547. The summed E-state index contributed by atoms with van der Waals surface area (Å²) in [6.45, 7) is 5.25. The average Bonchev–Trinajstić information content (AvgIpc) is 2.61. The molecule has 0 radical (unpaired) electrons. The highest BCUT2D eigenvalue weighted by Crippen LogP contribution is 2.10. The molecule has 0 aliphatic carbocycles. The number of methoxy groups -OCH3 is 1. The number of rotatable bonds is 9. The molecular weight excluding hydrogens is 431 g/mol. The van der Waals surface area contributed by atoms with Crippen molar-refractivity contribution in [2.45, 2.75) is 19.4 Å². The van der Waals surface area contributed by atoms with Crippen LogP contribution >= 0.6 is 24.0 Å². The fourth-order valence-electron chi connectivity index (χ4n) is 2.13. The largest absolute Gasteiger partial charge is 0.497 e. The molecule has 0 spiro atoms. The second-order valence-corrected chi connectivity index (χ2v) is 5.38. The number of nitrogens with one attached hydrogen (secondary N) is 2. The lowest BCUT2D eigenvalue weighted by Gasteiger charge is -2.21. The molecule has 1 rings (SSSR count). The minimum atomic E-state index is -0.0774. The zero-order chi connectivity index (χ0) is 17.8. The van der Waals surface area contributed by atoms with Crippen LogP contribution in [0.5, 0.6) is 5.75 Å². The first-order valence-electron chi connectivity index (χ1n) is 8.03. The topological polar surface area (TPSA) is 66.0 Å². The Morgan fingerprint density at radius 1 is 1.32 bits per heavy atom. The number of aliphatic imine (C=N–C) groups is 1. The van der Waals surface area contributed by atoms with Gasteiger partial charge in [-0.1, -0.05) is 18.2 Å². The number of ether oxygens (including phenoxy) is 1. The van der Waals surface area contributed by atoms with Crippen LogP contribution in [-0.4, -0.2) is 51.1 Å². The lowest BCUT2D eigenvalue weighted by molar-refractivity contribution is -0.120. The van der Waals surface area contributed by atoms with Crippen LogP contribution in [0.1, 0.15) is 18.4 Å². The third-order valence-corrected chi connectivity index (χ3v) is 3.53. The molecular formula is C18H29IN4O2. The molecule has 0 aliphatic heterocycles. The Hall–Kier alpha value is -1.77. The number of benzene rings is 1. The minimum Gasteiger partial charge on any atom is -0.497 e. The summed E-state index contributed by atoms with van der Waals surface area (Å²) in [4.78, 5) is 18.1. The van der Waals surface area contributed by atoms with Gasteiger partial charge in [0.25, 0.3) is 0 Å². The van der Waals surface area contributed by atoms with Crippen molar-refractivity contribution in [3.63, 3.8) is 0 Å². The number of amides is 1. The number of guanidine groups is 1. The van der Waals surface area contributed by atoms with E-state index in [2.05, 4.69) is 22.2 Å². The first-order chi connectivity index (χ1) is 11.6. The standard InChI is InChI=1S/C18H28N4O2.HI/c1-5-6-7-12-22(3)18(19-2)21-14-17(23)20-13-15-8-10-16(24-4)11-9-15;/h5,8-11H,1,6-7,12-14H2,2-4H3,(H,19,21)(H,20,23);1H. The van der Waals surface area contributed by atoms with Crippen molar-refractivity contribution in [3.05, 3.63) is 42.5 Å². The number of carbonyl (C=O) groups is 1. The van der Waals surface area contributed by atoms with E-state index >= 15 is 0 Å². The van der Waals surface area contributed by atoms with Crippen LogP contribution in [0.4, 0.5) is 0 Å². The number of hydrogen-bond donors (Lipinski definition) is 2. The van der Waals surface area contributed by atoms with Crippen LogP contribution in [0.2, 0.25) is 0 Å². The molecule has 0 aliphatic rings. The van der Waals surface area contributed by atoms with Gasteiger partial charge < -0.3 is 20.3 Å². The van der Waals surface area contributed by atoms with Crippen molar-refractivity contribution in [2.75, 3.05) is 34.3 Å². The Balaban J connectivity index is 0.00000576. The molecule has 0 heterocycles. The van der Waals surface area contributed by atoms with Crippen LogP contribution < -0.4 is 15.4 Å². The van der Waals surface area contributed by atoms with Crippen LogP contribution in [0, 0.1) is 0 Å². The maximum atomic E-state index is 12.0. The number of hydrogen-bond acceptors (Lipinski definition) is 3. The van der Waals surface area contributed by atoms with E-state index in [1.807, 2.05) is 42.3 Å². The molecule has 0 atom stereocenters. The average molecular weight is 460 g/mol. The number of nitrogens with zero attached hydrogens (tertiary/aromatic N) is 2. The van der Waals surface area contributed by atoms with Crippen molar-refractivity contribution in [1.82, 2.24) is 15.5 Å². The minimum absolute atomic E-state index is 0. The van der Waals surface area contributed by atoms with E-state index < -0.39 is 0 Å². The van der Waals surface area contributed by atoms with E-state index in [-0.39, 0.29) is 36.4 Å². The summed E-state index contributed by atoms with van der Waals surface area (Å²) in [5.41, 5.74) is 1.02. The van der Waals surface area contributed by atoms with E-state index in [4.69, 9.17) is 4.74 Å². The van der Waals surface area contributed by atoms with Crippen LogP contribution in [-0.2, 0) is 11.3 Å². The SMILES string of the molecule is C=CCCCN(C)C(=NC)NCC(=O)NCc1ccc(OC)cc1.I. The van der Waals surface area contributed by atoms with E-state index in [0.717, 1.165) is 30.7 Å². The highest BCUT2D eigenvalue weighted by molar-refractivity contribution is 14.0. The van der Waals surface area contributed by atoms with Gasteiger partial charge in [0.05, 0.1) is 13.7 Å². The van der Waals surface area contributed by atoms with Crippen molar-refractivity contribution >= 4 is 35.8 Å². The van der Waals surface area contributed by atoms with Crippen molar-refractivity contribution in [3.8, 4) is 5.75 Å². The Kier molecular flexibility index (Phi) is 12.6. The van der Waals surface area contributed by atoms with E-state index in [1.54, 1.807) is 14.2 Å². The Labute approximate surface area is 167 Å². The summed E-state index contributed by atoms with van der Waals surface area (Å²) in [5, 5.41) is 5.95. The highest BCUT2D eigenvalue weighted by Gasteiger charge is 2.07. The number of halogens is 1. The van der Waals surface area contributed by atoms with Gasteiger partial charge in [-0.2, -0.15) is 0 Å². The van der Waals surface area contributed by atoms with Crippen LogP contribution in [0.3, 0.4) is 0 Å². The summed E-state index contributed by atoms with van der Waals surface area (Å²) in [5.74, 6) is 1.43. The molecule has 1 aromatic carbocycles. The molecule has 25 heavy (non-hydrogen) atoms. The third kappa shape index (κ3) is 9.33. The first kappa shape index (κ1) is 23.2. The second-order valence-electron chi connectivity index (χ2n) is 5.38. The molecule has 7 heteroatoms. The predicted octanol–water partition coefficient (Wildman–Crippen LogP) is 2.40. The summed E-state index contributed by atoms with van der Waals surface area (Å²) in [7, 11) is 5.29. The van der Waals surface area contributed by atoms with Gasteiger partial charge in [0.1, 0.15) is 5.75 Å². The lowest BCUT2D eigenvalue weighted by atomic mass is 10.2. The summed E-state index contributed by atoms with van der Waals surface area (Å²) < 4.78 is 5.11. The van der Waals surface area contributed by atoms with Gasteiger partial charge in [-0.05, 0) is 30.5 Å². The fraction of sp³-hybridized carbons (Fsp3) is 0.444. The Morgan fingerprint density at radius 2 is 2.00 bits per heavy atom. The normalized spacial score (nSPS) is 10.4. The number of allylic oxidation sites excluding steroid dienone is 1. The number of carbonyl (C=O) groups excluding carboxylic acids is 1. The quantitative estimate of drug-likeness (QED) is 0.195. The molecule has 2 N–H and O–H groups in total. The molecule has 1 amide bonds. The molecule has 0 saturated carbocycles. The van der Waals surface area contributed by atoms with Crippen LogP contribution in [0.15, 0.2) is 41.9 Å². The summed E-state index contributed by atoms with van der Waals surface area (Å²) in [6, 6.07) is 7.61. The summed E-state index contributed by atoms with van der Waals surface area (Å²) in [6.07, 6.45) is 3.87. The van der Waals surface area contributed by atoms with Crippen molar-refractivity contribution in [1.29, 1.82) is 0 Å². The van der Waals surface area contributed by atoms with Crippen LogP contribution in [0.25, 0.3) is 0 Å². The highest BCUT2D eigenvalue weighted by atomic mass is 127. The molecule has 0 unspecified atom stereocenters. The molecule has 1 aromatic rings. The van der Waals surface area contributed by atoms with Gasteiger partial charge in [0.2, 0.25) is 5.91 Å². The van der Waals surface area contributed by atoms with Gasteiger partial charge in [-0.3, -0.25) is 9.79 Å². The zero-order valence-electron chi connectivity index (χ0n) is 15.2. The van der Waals surface area contributed by atoms with E-state index in [9.17, 15) is 4.79 Å².